The number of fused-ring (bicyclic) bond motifs is 1. The Morgan fingerprint density at radius 2 is 1.83 bits per heavy atom. The summed E-state index contributed by atoms with van der Waals surface area (Å²) < 4.78 is 8.17. The van der Waals surface area contributed by atoms with Gasteiger partial charge in [0.25, 0.3) is 0 Å². The molecule has 1 aliphatic rings. The fourth-order valence-corrected chi connectivity index (χ4v) is 4.01. The van der Waals surface area contributed by atoms with Crippen LogP contribution in [0.3, 0.4) is 0 Å². The Balaban J connectivity index is 1.39. The number of aryl methyl sites for hydroxylation is 2. The highest BCUT2D eigenvalue weighted by Crippen LogP contribution is 2.20. The normalized spacial score (nSPS) is 14.9. The number of imidazole rings is 1. The molecule has 0 spiro atoms. The molecule has 0 radical (unpaired) electrons. The number of hydrogen-bond donors (Lipinski definition) is 1. The van der Waals surface area contributed by atoms with E-state index in [1.165, 1.54) is 4.57 Å². The SMILES string of the molecule is CCn1c(=O)n(CC(=O)N2CCC(C(=O)Nc3cc(C)on3)CC2)c2ccccc21. The van der Waals surface area contributed by atoms with Gasteiger partial charge in [-0.3, -0.25) is 18.7 Å². The first-order valence-corrected chi connectivity index (χ1v) is 10.2. The molecule has 30 heavy (non-hydrogen) atoms. The Morgan fingerprint density at radius 1 is 1.17 bits per heavy atom. The lowest BCUT2D eigenvalue weighted by Crippen LogP contribution is -2.43. The summed E-state index contributed by atoms with van der Waals surface area (Å²) >= 11 is 0. The van der Waals surface area contributed by atoms with Gasteiger partial charge >= 0.3 is 5.69 Å². The maximum Gasteiger partial charge on any atom is 0.329 e. The summed E-state index contributed by atoms with van der Waals surface area (Å²) in [6.45, 7) is 5.19. The molecule has 158 valence electrons. The minimum atomic E-state index is -0.184. The van der Waals surface area contributed by atoms with Crippen LogP contribution in [0.1, 0.15) is 25.5 Å². The lowest BCUT2D eigenvalue weighted by atomic mass is 9.96. The zero-order valence-electron chi connectivity index (χ0n) is 17.1. The number of para-hydroxylation sites is 2. The van der Waals surface area contributed by atoms with Crippen LogP contribution in [0.5, 0.6) is 0 Å². The average molecular weight is 411 g/mol. The second-order valence-corrected chi connectivity index (χ2v) is 7.57. The van der Waals surface area contributed by atoms with E-state index in [1.807, 2.05) is 31.2 Å². The van der Waals surface area contributed by atoms with Crippen molar-refractivity contribution in [1.29, 1.82) is 0 Å². The van der Waals surface area contributed by atoms with E-state index < -0.39 is 0 Å². The monoisotopic (exact) mass is 411 g/mol. The van der Waals surface area contributed by atoms with E-state index in [2.05, 4.69) is 10.5 Å². The third kappa shape index (κ3) is 3.74. The van der Waals surface area contributed by atoms with Crippen LogP contribution in [-0.2, 0) is 22.7 Å². The molecule has 1 aromatic carbocycles. The van der Waals surface area contributed by atoms with Gasteiger partial charge in [0.2, 0.25) is 11.8 Å². The van der Waals surface area contributed by atoms with Crippen LogP contribution in [0.15, 0.2) is 39.6 Å². The number of nitrogens with zero attached hydrogens (tertiary/aromatic N) is 4. The average Bonchev–Trinajstić information content (AvgIpc) is 3.28. The van der Waals surface area contributed by atoms with Gasteiger partial charge in [-0.1, -0.05) is 17.3 Å². The van der Waals surface area contributed by atoms with E-state index in [4.69, 9.17) is 4.52 Å². The third-order valence-corrected chi connectivity index (χ3v) is 5.63. The maximum absolute atomic E-state index is 12.9. The molecule has 1 aliphatic heterocycles. The van der Waals surface area contributed by atoms with Crippen LogP contribution in [0, 0.1) is 12.8 Å². The first-order valence-electron chi connectivity index (χ1n) is 10.2. The number of hydrogen-bond acceptors (Lipinski definition) is 5. The predicted octanol–water partition coefficient (Wildman–Crippen LogP) is 2.00. The molecule has 0 atom stereocenters. The molecule has 9 nitrogen and oxygen atoms in total. The van der Waals surface area contributed by atoms with Crippen molar-refractivity contribution in [2.24, 2.45) is 5.92 Å². The second kappa shape index (κ2) is 8.17. The van der Waals surface area contributed by atoms with Gasteiger partial charge in [-0.2, -0.15) is 0 Å². The van der Waals surface area contributed by atoms with E-state index in [0.29, 0.717) is 44.1 Å². The first kappa shape index (κ1) is 19.9. The Labute approximate surface area is 173 Å². The summed E-state index contributed by atoms with van der Waals surface area (Å²) in [5.41, 5.74) is 1.41. The number of likely N-dealkylation sites (tertiary alicyclic amines) is 1. The van der Waals surface area contributed by atoms with E-state index in [9.17, 15) is 14.4 Å². The molecule has 2 aromatic heterocycles. The first-order chi connectivity index (χ1) is 14.5. The lowest BCUT2D eigenvalue weighted by molar-refractivity contribution is -0.135. The van der Waals surface area contributed by atoms with Gasteiger partial charge < -0.3 is 14.7 Å². The molecular weight excluding hydrogens is 386 g/mol. The topological polar surface area (TPSA) is 102 Å². The number of nitrogens with one attached hydrogen (secondary N) is 1. The standard InChI is InChI=1S/C21H25N5O4/c1-3-25-16-6-4-5-7-17(16)26(21(25)29)13-19(27)24-10-8-15(9-11-24)20(28)22-18-12-14(2)30-23-18/h4-7,12,15H,3,8-11,13H2,1-2H3,(H,22,23,28). The second-order valence-electron chi connectivity index (χ2n) is 7.57. The van der Waals surface area contributed by atoms with E-state index in [1.54, 1.807) is 22.5 Å². The van der Waals surface area contributed by atoms with Crippen molar-refractivity contribution in [2.75, 3.05) is 18.4 Å². The third-order valence-electron chi connectivity index (χ3n) is 5.63. The number of piperidine rings is 1. The van der Waals surface area contributed by atoms with Gasteiger partial charge in [-0.05, 0) is 38.8 Å². The number of rotatable bonds is 5. The van der Waals surface area contributed by atoms with Gasteiger partial charge in [0.15, 0.2) is 5.82 Å². The maximum atomic E-state index is 12.9. The van der Waals surface area contributed by atoms with E-state index in [0.717, 1.165) is 11.0 Å². The lowest BCUT2D eigenvalue weighted by Gasteiger charge is -2.31. The molecule has 3 heterocycles. The highest BCUT2D eigenvalue weighted by atomic mass is 16.5. The molecule has 0 unspecified atom stereocenters. The molecule has 3 aromatic rings. The number of benzene rings is 1. The van der Waals surface area contributed by atoms with Crippen LogP contribution in [0.2, 0.25) is 0 Å². The van der Waals surface area contributed by atoms with Crippen molar-refractivity contribution < 1.29 is 14.1 Å². The number of anilines is 1. The molecule has 0 aliphatic carbocycles. The van der Waals surface area contributed by atoms with Crippen molar-refractivity contribution in [2.45, 2.75) is 39.8 Å². The molecule has 1 saturated heterocycles. The van der Waals surface area contributed by atoms with Crippen LogP contribution in [0.25, 0.3) is 11.0 Å². The van der Waals surface area contributed by atoms with Crippen LogP contribution >= 0.6 is 0 Å². The fourth-order valence-electron chi connectivity index (χ4n) is 4.01. The predicted molar refractivity (Wildman–Crippen MR) is 111 cm³/mol. The molecule has 2 amide bonds. The van der Waals surface area contributed by atoms with Crippen molar-refractivity contribution in [3.63, 3.8) is 0 Å². The summed E-state index contributed by atoms with van der Waals surface area (Å²) in [4.78, 5) is 39.8. The molecule has 4 rings (SSSR count). The molecule has 0 bridgehead atoms. The largest absolute Gasteiger partial charge is 0.360 e. The van der Waals surface area contributed by atoms with Crippen molar-refractivity contribution >= 4 is 28.7 Å². The summed E-state index contributed by atoms with van der Waals surface area (Å²) in [6.07, 6.45) is 1.14. The Hall–Kier alpha value is -3.36. The molecule has 0 saturated carbocycles. The molecular formula is C21H25N5O4. The quantitative estimate of drug-likeness (QED) is 0.692. The molecule has 9 heteroatoms. The zero-order valence-corrected chi connectivity index (χ0v) is 17.1. The van der Waals surface area contributed by atoms with Gasteiger partial charge in [0.1, 0.15) is 12.3 Å². The Morgan fingerprint density at radius 3 is 2.43 bits per heavy atom. The number of carbonyl (C=O) groups is 2. The zero-order chi connectivity index (χ0) is 21.3. The summed E-state index contributed by atoms with van der Waals surface area (Å²) in [5, 5.41) is 6.53. The Bertz CT molecular complexity index is 1130. The fraction of sp³-hybridized carbons (Fsp3) is 0.429. The summed E-state index contributed by atoms with van der Waals surface area (Å²) in [7, 11) is 0. The van der Waals surface area contributed by atoms with E-state index in [-0.39, 0.29) is 30.0 Å². The van der Waals surface area contributed by atoms with Crippen molar-refractivity contribution in [1.82, 2.24) is 19.2 Å². The van der Waals surface area contributed by atoms with Crippen molar-refractivity contribution in [3.05, 3.63) is 46.6 Å². The minimum absolute atomic E-state index is 0.00141. The van der Waals surface area contributed by atoms with Gasteiger partial charge in [0, 0.05) is 31.6 Å². The number of aromatic nitrogens is 3. The van der Waals surface area contributed by atoms with Crippen LogP contribution < -0.4 is 11.0 Å². The minimum Gasteiger partial charge on any atom is -0.360 e. The van der Waals surface area contributed by atoms with Gasteiger partial charge in [0.05, 0.1) is 11.0 Å². The number of carbonyl (C=O) groups excluding carboxylic acids is 2. The summed E-state index contributed by atoms with van der Waals surface area (Å²) in [5.74, 6) is 0.628. The van der Waals surface area contributed by atoms with Crippen molar-refractivity contribution in [3.8, 4) is 0 Å². The number of amides is 2. The summed E-state index contributed by atoms with van der Waals surface area (Å²) in [6, 6.07) is 9.17. The van der Waals surface area contributed by atoms with Crippen LogP contribution in [0.4, 0.5) is 5.82 Å². The van der Waals surface area contributed by atoms with Gasteiger partial charge in [-0.25, -0.2) is 4.79 Å². The van der Waals surface area contributed by atoms with Gasteiger partial charge in [-0.15, -0.1) is 0 Å². The highest BCUT2D eigenvalue weighted by Gasteiger charge is 2.28. The molecule has 1 N–H and O–H groups in total. The van der Waals surface area contributed by atoms with Crippen LogP contribution in [-0.4, -0.2) is 44.1 Å². The smallest absolute Gasteiger partial charge is 0.329 e. The Kier molecular flexibility index (Phi) is 5.43. The van der Waals surface area contributed by atoms with E-state index >= 15 is 0 Å². The highest BCUT2D eigenvalue weighted by molar-refractivity contribution is 5.92. The molecule has 1 fully saturated rings.